The summed E-state index contributed by atoms with van der Waals surface area (Å²) < 4.78 is 12.9. The number of carbonyl (C=O) groups excluding carboxylic acids is 1. The molecular formula is C22H22BrClN3O3S-. The zero-order chi connectivity index (χ0) is 21.5. The zero-order valence-corrected chi connectivity index (χ0v) is 20.3. The molecule has 0 aliphatic carbocycles. The summed E-state index contributed by atoms with van der Waals surface area (Å²) in [7, 11) is 1.62. The van der Waals surface area contributed by atoms with Crippen LogP contribution in [0.2, 0.25) is 5.02 Å². The van der Waals surface area contributed by atoms with Crippen molar-refractivity contribution in [1.82, 2.24) is 14.8 Å². The van der Waals surface area contributed by atoms with Gasteiger partial charge in [0.1, 0.15) is 18.1 Å². The molecule has 0 N–H and O–H groups in total. The van der Waals surface area contributed by atoms with Crippen molar-refractivity contribution < 1.29 is 31.2 Å². The van der Waals surface area contributed by atoms with Crippen molar-refractivity contribution in [2.24, 2.45) is 0 Å². The number of allylic oxidation sites excluding steroid dienone is 1. The number of benzene rings is 2. The van der Waals surface area contributed by atoms with Gasteiger partial charge in [0.15, 0.2) is 16.8 Å². The van der Waals surface area contributed by atoms with Gasteiger partial charge < -0.3 is 26.5 Å². The number of aromatic nitrogens is 3. The highest BCUT2D eigenvalue weighted by molar-refractivity contribution is 8.00. The van der Waals surface area contributed by atoms with E-state index in [1.165, 1.54) is 11.8 Å². The predicted octanol–water partition coefficient (Wildman–Crippen LogP) is 2.07. The predicted molar refractivity (Wildman–Crippen MR) is 119 cm³/mol. The SMILES string of the molecule is C=CCn1c(COc2ccc(OC)cc2)nnc1SC(C)C(=O)c1ccc(Cl)cc1.[Br-]. The summed E-state index contributed by atoms with van der Waals surface area (Å²) >= 11 is 7.26. The van der Waals surface area contributed by atoms with Gasteiger partial charge in [-0.15, -0.1) is 16.8 Å². The first-order valence-corrected chi connectivity index (χ1v) is 10.5. The molecule has 1 atom stereocenters. The maximum Gasteiger partial charge on any atom is 0.192 e. The summed E-state index contributed by atoms with van der Waals surface area (Å²) in [6, 6.07) is 14.2. The van der Waals surface area contributed by atoms with Crippen LogP contribution in [0.15, 0.2) is 66.3 Å². The highest BCUT2D eigenvalue weighted by Gasteiger charge is 2.21. The molecule has 0 saturated heterocycles. The van der Waals surface area contributed by atoms with Crippen LogP contribution in [0.25, 0.3) is 0 Å². The number of methoxy groups -OCH3 is 1. The Morgan fingerprint density at radius 2 is 1.81 bits per heavy atom. The van der Waals surface area contributed by atoms with E-state index in [9.17, 15) is 4.79 Å². The van der Waals surface area contributed by atoms with Gasteiger partial charge in [-0.1, -0.05) is 29.4 Å². The van der Waals surface area contributed by atoms with Crippen LogP contribution in [0.3, 0.4) is 0 Å². The molecule has 6 nitrogen and oxygen atoms in total. The van der Waals surface area contributed by atoms with E-state index in [-0.39, 0.29) is 34.6 Å². The van der Waals surface area contributed by atoms with E-state index in [1.807, 2.05) is 35.8 Å². The van der Waals surface area contributed by atoms with E-state index in [0.29, 0.717) is 33.9 Å². The number of hydrogen-bond acceptors (Lipinski definition) is 6. The monoisotopic (exact) mass is 522 g/mol. The smallest absolute Gasteiger partial charge is 0.192 e. The maximum absolute atomic E-state index is 12.7. The number of ether oxygens (including phenoxy) is 2. The number of Topliss-reactive ketones (excluding diaryl/α,β-unsaturated/α-hetero) is 1. The number of rotatable bonds is 10. The normalized spacial score (nSPS) is 11.3. The molecule has 3 rings (SSSR count). The average molecular weight is 524 g/mol. The lowest BCUT2D eigenvalue weighted by atomic mass is 10.1. The highest BCUT2D eigenvalue weighted by atomic mass is 79.9. The molecular weight excluding hydrogens is 502 g/mol. The molecule has 0 aliphatic rings. The van der Waals surface area contributed by atoms with Gasteiger partial charge in [0.25, 0.3) is 0 Å². The summed E-state index contributed by atoms with van der Waals surface area (Å²) in [5.41, 5.74) is 0.609. The van der Waals surface area contributed by atoms with Crippen LogP contribution in [0.5, 0.6) is 11.5 Å². The molecule has 3 aromatic rings. The van der Waals surface area contributed by atoms with Crippen LogP contribution in [-0.4, -0.2) is 32.9 Å². The Morgan fingerprint density at radius 1 is 1.16 bits per heavy atom. The topological polar surface area (TPSA) is 66.2 Å². The van der Waals surface area contributed by atoms with Crippen LogP contribution < -0.4 is 26.5 Å². The molecule has 1 aromatic heterocycles. The van der Waals surface area contributed by atoms with Crippen molar-refractivity contribution >= 4 is 29.1 Å². The minimum atomic E-state index is -0.339. The Morgan fingerprint density at radius 3 is 2.42 bits per heavy atom. The number of carbonyl (C=O) groups is 1. The average Bonchev–Trinajstić information content (AvgIpc) is 3.14. The molecule has 0 fully saturated rings. The molecule has 9 heteroatoms. The van der Waals surface area contributed by atoms with Crippen molar-refractivity contribution in [3.05, 3.63) is 77.6 Å². The third-order valence-corrected chi connectivity index (χ3v) is 5.65. The molecule has 0 saturated carbocycles. The summed E-state index contributed by atoms with van der Waals surface area (Å²) in [6.45, 7) is 6.41. The first kappa shape index (κ1) is 25.0. The van der Waals surface area contributed by atoms with Gasteiger partial charge in [0.2, 0.25) is 0 Å². The third kappa shape index (κ3) is 6.59. The van der Waals surface area contributed by atoms with Crippen LogP contribution >= 0.6 is 23.4 Å². The van der Waals surface area contributed by atoms with Gasteiger partial charge in [-0.3, -0.25) is 9.36 Å². The number of nitrogens with zero attached hydrogens (tertiary/aromatic N) is 3. The molecule has 0 radical (unpaired) electrons. The van der Waals surface area contributed by atoms with Crippen LogP contribution in [0, 0.1) is 0 Å². The van der Waals surface area contributed by atoms with E-state index < -0.39 is 0 Å². The van der Waals surface area contributed by atoms with Crippen LogP contribution in [0.4, 0.5) is 0 Å². The van der Waals surface area contributed by atoms with Crippen molar-refractivity contribution in [3.63, 3.8) is 0 Å². The largest absolute Gasteiger partial charge is 1.00 e. The van der Waals surface area contributed by atoms with E-state index in [4.69, 9.17) is 21.1 Å². The van der Waals surface area contributed by atoms with Crippen LogP contribution in [-0.2, 0) is 13.2 Å². The van der Waals surface area contributed by atoms with Crippen molar-refractivity contribution in [3.8, 4) is 11.5 Å². The first-order chi connectivity index (χ1) is 14.5. The summed E-state index contributed by atoms with van der Waals surface area (Å²) in [6.07, 6.45) is 1.76. The minimum Gasteiger partial charge on any atom is -1.00 e. The first-order valence-electron chi connectivity index (χ1n) is 9.28. The number of thioether (sulfide) groups is 1. The van der Waals surface area contributed by atoms with Crippen molar-refractivity contribution in [2.75, 3.05) is 7.11 Å². The molecule has 1 unspecified atom stereocenters. The Labute approximate surface area is 201 Å². The molecule has 0 amide bonds. The Balaban J connectivity index is 0.00000341. The van der Waals surface area contributed by atoms with E-state index in [0.717, 1.165) is 5.75 Å². The number of ketones is 1. The van der Waals surface area contributed by atoms with Gasteiger partial charge >= 0.3 is 0 Å². The molecule has 1 heterocycles. The second-order valence-electron chi connectivity index (χ2n) is 6.39. The van der Waals surface area contributed by atoms with Gasteiger partial charge in [0, 0.05) is 17.1 Å². The van der Waals surface area contributed by atoms with Gasteiger partial charge in [-0.25, -0.2) is 0 Å². The highest BCUT2D eigenvalue weighted by Crippen LogP contribution is 2.26. The standard InChI is InChI=1S/C22H22ClN3O3S.BrH/c1-4-13-26-20(14-29-19-11-9-18(28-3)10-12-19)24-25-22(26)30-15(2)21(27)16-5-7-17(23)8-6-16;/h4-12,15H,1,13-14H2,2-3H3;1H/p-1. The summed E-state index contributed by atoms with van der Waals surface area (Å²) in [5, 5.41) is 9.40. The second-order valence-corrected chi connectivity index (χ2v) is 8.14. The Kier molecular flexibility index (Phi) is 9.61. The fourth-order valence-electron chi connectivity index (χ4n) is 2.71. The van der Waals surface area contributed by atoms with Crippen LogP contribution in [0.1, 0.15) is 23.1 Å². The fourth-order valence-corrected chi connectivity index (χ4v) is 3.79. The summed E-state index contributed by atoms with van der Waals surface area (Å²) in [5.74, 6) is 2.11. The second kappa shape index (κ2) is 11.9. The minimum absolute atomic E-state index is 0. The molecule has 2 aromatic carbocycles. The Hall–Kier alpha value is -2.29. The van der Waals surface area contributed by atoms with Gasteiger partial charge in [-0.05, 0) is 55.5 Å². The molecule has 0 spiro atoms. The Bertz CT molecular complexity index is 1010. The lowest BCUT2D eigenvalue weighted by Gasteiger charge is -2.12. The van der Waals surface area contributed by atoms with E-state index in [1.54, 1.807) is 37.5 Å². The van der Waals surface area contributed by atoms with Crippen molar-refractivity contribution in [2.45, 2.75) is 30.5 Å². The van der Waals surface area contributed by atoms with Gasteiger partial charge in [0.05, 0.1) is 12.4 Å². The quantitative estimate of drug-likeness (QED) is 0.230. The maximum atomic E-state index is 12.7. The lowest BCUT2D eigenvalue weighted by molar-refractivity contribution is -0.0000143. The molecule has 164 valence electrons. The number of halogens is 2. The van der Waals surface area contributed by atoms with E-state index in [2.05, 4.69) is 16.8 Å². The third-order valence-electron chi connectivity index (χ3n) is 4.31. The fraction of sp³-hybridized carbons (Fsp3) is 0.227. The van der Waals surface area contributed by atoms with Gasteiger partial charge in [-0.2, -0.15) is 0 Å². The van der Waals surface area contributed by atoms with E-state index >= 15 is 0 Å². The number of hydrogen-bond donors (Lipinski definition) is 0. The zero-order valence-electron chi connectivity index (χ0n) is 17.1. The molecule has 0 aliphatic heterocycles. The molecule has 31 heavy (non-hydrogen) atoms. The van der Waals surface area contributed by atoms with Crippen molar-refractivity contribution in [1.29, 1.82) is 0 Å². The molecule has 0 bridgehead atoms. The summed E-state index contributed by atoms with van der Waals surface area (Å²) in [4.78, 5) is 12.7. The lowest BCUT2D eigenvalue weighted by Crippen LogP contribution is -3.00.